The maximum atomic E-state index is 3.72. The van der Waals surface area contributed by atoms with Crippen molar-refractivity contribution in [1.29, 1.82) is 0 Å². The van der Waals surface area contributed by atoms with Gasteiger partial charge in [-0.3, -0.25) is 0 Å². The maximum Gasteiger partial charge on any atom is 0.0118 e. The van der Waals surface area contributed by atoms with Crippen molar-refractivity contribution in [2.45, 2.75) is 12.8 Å². The molecule has 0 spiro atoms. The van der Waals surface area contributed by atoms with Crippen LogP contribution < -0.4 is 0 Å². The van der Waals surface area contributed by atoms with Crippen molar-refractivity contribution in [3.05, 3.63) is 47.2 Å². The second-order valence-corrected chi connectivity index (χ2v) is 3.36. The van der Waals surface area contributed by atoms with Crippen molar-refractivity contribution in [3.63, 3.8) is 0 Å². The number of rotatable bonds is 4. The Balaban J connectivity index is 2.76. The van der Waals surface area contributed by atoms with Gasteiger partial charge in [0.05, 0.1) is 0 Å². The minimum absolute atomic E-state index is 0.979. The number of hydrogen-bond acceptors (Lipinski definition) is 1. The third-order valence-electron chi connectivity index (χ3n) is 1.53. The Morgan fingerprint density at radius 1 is 1.27 bits per heavy atom. The van der Waals surface area contributed by atoms with Gasteiger partial charge in [-0.1, -0.05) is 12.2 Å². The van der Waals surface area contributed by atoms with Crippen LogP contribution in [0.3, 0.4) is 0 Å². The first-order valence-electron chi connectivity index (χ1n) is 3.65. The predicted octanol–water partition coefficient (Wildman–Crippen LogP) is 3.21. The number of thiophene rings is 1. The Morgan fingerprint density at radius 3 is 2.64 bits per heavy atom. The van der Waals surface area contributed by atoms with Gasteiger partial charge in [-0.25, -0.2) is 0 Å². The molecule has 0 aromatic carbocycles. The van der Waals surface area contributed by atoms with E-state index in [-0.39, 0.29) is 0 Å². The first kappa shape index (κ1) is 8.28. The molecule has 1 rings (SSSR count). The lowest BCUT2D eigenvalue weighted by molar-refractivity contribution is 1.21. The van der Waals surface area contributed by atoms with Gasteiger partial charge in [0.1, 0.15) is 0 Å². The summed E-state index contributed by atoms with van der Waals surface area (Å²) in [5, 5.41) is 2.12. The van der Waals surface area contributed by atoms with Crippen LogP contribution in [0.25, 0.3) is 0 Å². The Morgan fingerprint density at radius 2 is 2.00 bits per heavy atom. The molecule has 0 radical (unpaired) electrons. The summed E-state index contributed by atoms with van der Waals surface area (Å²) in [6, 6.07) is 2.16. The van der Waals surface area contributed by atoms with Crippen LogP contribution in [-0.2, 0) is 12.8 Å². The van der Waals surface area contributed by atoms with Gasteiger partial charge in [-0.15, -0.1) is 24.5 Å². The van der Waals surface area contributed by atoms with Crippen LogP contribution in [0.2, 0.25) is 0 Å². The van der Waals surface area contributed by atoms with E-state index in [4.69, 9.17) is 0 Å². The van der Waals surface area contributed by atoms with E-state index in [0.717, 1.165) is 12.8 Å². The van der Waals surface area contributed by atoms with Gasteiger partial charge in [-0.2, -0.15) is 0 Å². The third kappa shape index (κ3) is 2.05. The standard InChI is InChI=1S/C10H12S/c1-3-5-9-7-8-11-10(9)6-4-2/h3-4,7-8H,1-2,5-6H2. The molecule has 0 unspecified atom stereocenters. The van der Waals surface area contributed by atoms with Crippen LogP contribution >= 0.6 is 11.3 Å². The second-order valence-electron chi connectivity index (χ2n) is 2.35. The predicted molar refractivity (Wildman–Crippen MR) is 52.1 cm³/mol. The van der Waals surface area contributed by atoms with Crippen molar-refractivity contribution in [2.75, 3.05) is 0 Å². The molecule has 1 aromatic rings. The van der Waals surface area contributed by atoms with Gasteiger partial charge in [0.15, 0.2) is 0 Å². The Bertz CT molecular complexity index is 221. The first-order valence-corrected chi connectivity index (χ1v) is 4.53. The maximum absolute atomic E-state index is 3.72. The van der Waals surface area contributed by atoms with E-state index in [1.807, 2.05) is 12.2 Å². The van der Waals surface area contributed by atoms with Gasteiger partial charge in [0.2, 0.25) is 0 Å². The number of hydrogen-bond donors (Lipinski definition) is 0. The first-order chi connectivity index (χ1) is 5.38. The van der Waals surface area contributed by atoms with Crippen LogP contribution in [0, 0.1) is 0 Å². The molecule has 0 saturated heterocycles. The zero-order chi connectivity index (χ0) is 8.10. The topological polar surface area (TPSA) is 0 Å². The summed E-state index contributed by atoms with van der Waals surface area (Å²) in [7, 11) is 0. The largest absolute Gasteiger partial charge is 0.148 e. The van der Waals surface area contributed by atoms with E-state index in [2.05, 4.69) is 24.6 Å². The summed E-state index contributed by atoms with van der Waals surface area (Å²) >= 11 is 1.80. The zero-order valence-corrected chi connectivity index (χ0v) is 7.36. The van der Waals surface area contributed by atoms with E-state index >= 15 is 0 Å². The highest BCUT2D eigenvalue weighted by Gasteiger charge is 1.98. The molecule has 1 aromatic heterocycles. The van der Waals surface area contributed by atoms with Crippen molar-refractivity contribution in [3.8, 4) is 0 Å². The quantitative estimate of drug-likeness (QED) is 0.599. The van der Waals surface area contributed by atoms with Crippen molar-refractivity contribution in [1.82, 2.24) is 0 Å². The van der Waals surface area contributed by atoms with Crippen molar-refractivity contribution in [2.24, 2.45) is 0 Å². The fraction of sp³-hybridized carbons (Fsp3) is 0.200. The molecule has 0 aliphatic rings. The second kappa shape index (κ2) is 4.14. The summed E-state index contributed by atoms with van der Waals surface area (Å²) in [6.45, 7) is 7.43. The lowest BCUT2D eigenvalue weighted by atomic mass is 10.1. The van der Waals surface area contributed by atoms with Gasteiger partial charge in [0.25, 0.3) is 0 Å². The van der Waals surface area contributed by atoms with Gasteiger partial charge >= 0.3 is 0 Å². The molecule has 0 amide bonds. The molecule has 0 bridgehead atoms. The lowest BCUT2D eigenvalue weighted by Gasteiger charge is -1.95. The van der Waals surface area contributed by atoms with Crippen LogP contribution in [0.4, 0.5) is 0 Å². The van der Waals surface area contributed by atoms with E-state index in [9.17, 15) is 0 Å². The minimum Gasteiger partial charge on any atom is -0.148 e. The summed E-state index contributed by atoms with van der Waals surface area (Å²) < 4.78 is 0. The van der Waals surface area contributed by atoms with Gasteiger partial charge < -0.3 is 0 Å². The Labute approximate surface area is 71.9 Å². The fourth-order valence-electron chi connectivity index (χ4n) is 1.01. The fourth-order valence-corrected chi connectivity index (χ4v) is 1.93. The van der Waals surface area contributed by atoms with Gasteiger partial charge in [-0.05, 0) is 29.9 Å². The highest BCUT2D eigenvalue weighted by Crippen LogP contribution is 2.18. The van der Waals surface area contributed by atoms with Crippen LogP contribution in [0.5, 0.6) is 0 Å². The van der Waals surface area contributed by atoms with Crippen LogP contribution in [-0.4, -0.2) is 0 Å². The van der Waals surface area contributed by atoms with Crippen LogP contribution in [0.1, 0.15) is 10.4 Å². The molecular weight excluding hydrogens is 152 g/mol. The average molecular weight is 164 g/mol. The summed E-state index contributed by atoms with van der Waals surface area (Å²) in [4.78, 5) is 1.42. The lowest BCUT2D eigenvalue weighted by Crippen LogP contribution is -1.82. The average Bonchev–Trinajstić information content (AvgIpc) is 2.39. The molecule has 1 heterocycles. The van der Waals surface area contributed by atoms with E-state index in [1.54, 1.807) is 11.3 Å². The molecule has 0 aliphatic carbocycles. The zero-order valence-electron chi connectivity index (χ0n) is 6.55. The van der Waals surface area contributed by atoms with E-state index < -0.39 is 0 Å². The molecule has 1 heteroatoms. The highest BCUT2D eigenvalue weighted by molar-refractivity contribution is 7.10. The molecule has 0 aliphatic heterocycles. The van der Waals surface area contributed by atoms with Crippen molar-refractivity contribution >= 4 is 11.3 Å². The normalized spacial score (nSPS) is 9.45. The molecular formula is C10H12S. The summed E-state index contributed by atoms with van der Waals surface area (Å²) in [5.74, 6) is 0. The molecule has 0 saturated carbocycles. The third-order valence-corrected chi connectivity index (χ3v) is 2.52. The Kier molecular flexibility index (Phi) is 3.12. The molecule has 0 nitrogen and oxygen atoms in total. The highest BCUT2D eigenvalue weighted by atomic mass is 32.1. The summed E-state index contributed by atoms with van der Waals surface area (Å²) in [5.41, 5.74) is 1.39. The monoisotopic (exact) mass is 164 g/mol. The van der Waals surface area contributed by atoms with Gasteiger partial charge in [0, 0.05) is 4.88 Å². The summed E-state index contributed by atoms with van der Waals surface area (Å²) in [6.07, 6.45) is 5.85. The smallest absolute Gasteiger partial charge is 0.0118 e. The van der Waals surface area contributed by atoms with E-state index in [1.165, 1.54) is 10.4 Å². The molecule has 58 valence electrons. The molecule has 0 atom stereocenters. The number of allylic oxidation sites excluding steroid dienone is 2. The molecule has 0 fully saturated rings. The van der Waals surface area contributed by atoms with Crippen LogP contribution in [0.15, 0.2) is 36.8 Å². The molecule has 0 N–H and O–H groups in total. The van der Waals surface area contributed by atoms with E-state index in [0.29, 0.717) is 0 Å². The SMILES string of the molecule is C=CCc1ccsc1CC=C. The minimum atomic E-state index is 0.979. The Hall–Kier alpha value is -0.820. The molecule has 11 heavy (non-hydrogen) atoms. The van der Waals surface area contributed by atoms with Crippen molar-refractivity contribution < 1.29 is 0 Å².